The third-order valence-corrected chi connectivity index (χ3v) is 5.21. The Morgan fingerprint density at radius 1 is 1.10 bits per heavy atom. The van der Waals surface area contributed by atoms with E-state index in [1.807, 2.05) is 26.0 Å². The molecular weight excluding hydrogens is 272 g/mol. The van der Waals surface area contributed by atoms with Crippen molar-refractivity contribution in [3.8, 4) is 0 Å². The average molecular weight is 298 g/mol. The second-order valence-electron chi connectivity index (χ2n) is 5.29. The average Bonchev–Trinajstić information content (AvgIpc) is 2.46. The standard InChI is InChI=1S/C15H26N2O2S/c1-4-7-13-8-10-14(11-9-13)20(18,19)17-12-15(16,5-2)6-3/h8-11,17H,4-7,12,16H2,1-3H3. The van der Waals surface area contributed by atoms with Crippen molar-refractivity contribution in [3.63, 3.8) is 0 Å². The quantitative estimate of drug-likeness (QED) is 0.774. The van der Waals surface area contributed by atoms with Crippen molar-refractivity contribution in [1.29, 1.82) is 0 Å². The van der Waals surface area contributed by atoms with Gasteiger partial charge in [0.1, 0.15) is 0 Å². The van der Waals surface area contributed by atoms with Gasteiger partial charge in [-0.15, -0.1) is 0 Å². The first-order chi connectivity index (χ1) is 9.37. The molecule has 1 aromatic rings. The number of rotatable bonds is 8. The third-order valence-electron chi connectivity index (χ3n) is 3.79. The molecule has 0 aromatic heterocycles. The zero-order valence-electron chi connectivity index (χ0n) is 12.6. The summed E-state index contributed by atoms with van der Waals surface area (Å²) in [6, 6.07) is 7.05. The molecule has 0 fully saturated rings. The number of sulfonamides is 1. The Bertz CT molecular complexity index is 505. The summed E-state index contributed by atoms with van der Waals surface area (Å²) in [5, 5.41) is 0. The van der Waals surface area contributed by atoms with Crippen LogP contribution in [0.4, 0.5) is 0 Å². The van der Waals surface area contributed by atoms with Gasteiger partial charge in [-0.2, -0.15) is 0 Å². The fraction of sp³-hybridized carbons (Fsp3) is 0.600. The highest BCUT2D eigenvalue weighted by atomic mass is 32.2. The van der Waals surface area contributed by atoms with Crippen molar-refractivity contribution in [3.05, 3.63) is 29.8 Å². The molecule has 1 aromatic carbocycles. The monoisotopic (exact) mass is 298 g/mol. The fourth-order valence-electron chi connectivity index (χ4n) is 1.95. The van der Waals surface area contributed by atoms with Crippen molar-refractivity contribution < 1.29 is 8.42 Å². The lowest BCUT2D eigenvalue weighted by molar-refractivity contribution is 0.392. The molecule has 3 N–H and O–H groups in total. The first-order valence-corrected chi connectivity index (χ1v) is 8.72. The number of benzene rings is 1. The Labute approximate surface area is 122 Å². The Morgan fingerprint density at radius 3 is 2.10 bits per heavy atom. The molecule has 0 bridgehead atoms. The van der Waals surface area contributed by atoms with E-state index in [1.54, 1.807) is 12.1 Å². The SMILES string of the molecule is CCCc1ccc(S(=O)(=O)NCC(N)(CC)CC)cc1. The van der Waals surface area contributed by atoms with E-state index >= 15 is 0 Å². The van der Waals surface area contributed by atoms with Crippen LogP contribution in [-0.4, -0.2) is 20.5 Å². The van der Waals surface area contributed by atoms with Gasteiger partial charge in [0.25, 0.3) is 0 Å². The van der Waals surface area contributed by atoms with E-state index in [1.165, 1.54) is 0 Å². The van der Waals surface area contributed by atoms with Crippen LogP contribution in [0.3, 0.4) is 0 Å². The van der Waals surface area contributed by atoms with Crippen molar-refractivity contribution >= 4 is 10.0 Å². The van der Waals surface area contributed by atoms with Crippen LogP contribution in [0.1, 0.15) is 45.6 Å². The lowest BCUT2D eigenvalue weighted by Crippen LogP contribution is -2.49. The molecule has 5 heteroatoms. The highest BCUT2D eigenvalue weighted by Crippen LogP contribution is 2.14. The molecule has 0 aliphatic carbocycles. The highest BCUT2D eigenvalue weighted by molar-refractivity contribution is 7.89. The maximum Gasteiger partial charge on any atom is 0.240 e. The maximum atomic E-state index is 12.2. The van der Waals surface area contributed by atoms with Crippen LogP contribution in [0.2, 0.25) is 0 Å². The Balaban J connectivity index is 2.78. The fourth-order valence-corrected chi connectivity index (χ4v) is 3.08. The van der Waals surface area contributed by atoms with Crippen molar-refractivity contribution in [2.24, 2.45) is 5.73 Å². The van der Waals surface area contributed by atoms with E-state index in [4.69, 9.17) is 5.73 Å². The Hall–Kier alpha value is -0.910. The van der Waals surface area contributed by atoms with Crippen LogP contribution in [0.5, 0.6) is 0 Å². The normalized spacial score (nSPS) is 12.6. The van der Waals surface area contributed by atoms with Gasteiger partial charge < -0.3 is 5.73 Å². The molecular formula is C15H26N2O2S. The van der Waals surface area contributed by atoms with E-state index in [0.717, 1.165) is 31.2 Å². The molecule has 0 saturated heterocycles. The molecule has 4 nitrogen and oxygen atoms in total. The largest absolute Gasteiger partial charge is 0.324 e. The lowest BCUT2D eigenvalue weighted by atomic mass is 9.95. The lowest BCUT2D eigenvalue weighted by Gasteiger charge is -2.26. The van der Waals surface area contributed by atoms with E-state index in [0.29, 0.717) is 4.90 Å². The van der Waals surface area contributed by atoms with Crippen LogP contribution in [-0.2, 0) is 16.4 Å². The molecule has 0 heterocycles. The van der Waals surface area contributed by atoms with Crippen molar-refractivity contribution in [2.75, 3.05) is 6.54 Å². The summed E-state index contributed by atoms with van der Waals surface area (Å²) in [6.45, 7) is 6.30. The Morgan fingerprint density at radius 2 is 1.65 bits per heavy atom. The van der Waals surface area contributed by atoms with Crippen LogP contribution in [0.15, 0.2) is 29.2 Å². The molecule has 1 rings (SSSR count). The first-order valence-electron chi connectivity index (χ1n) is 7.24. The summed E-state index contributed by atoms with van der Waals surface area (Å²) in [5.41, 5.74) is 6.80. The summed E-state index contributed by atoms with van der Waals surface area (Å²) in [6.07, 6.45) is 3.49. The molecule has 0 atom stereocenters. The molecule has 0 spiro atoms. The smallest absolute Gasteiger partial charge is 0.240 e. The molecule has 0 aliphatic heterocycles. The minimum Gasteiger partial charge on any atom is -0.324 e. The second kappa shape index (κ2) is 7.20. The van der Waals surface area contributed by atoms with E-state index in [-0.39, 0.29) is 6.54 Å². The van der Waals surface area contributed by atoms with Crippen LogP contribution in [0.25, 0.3) is 0 Å². The van der Waals surface area contributed by atoms with Crippen LogP contribution >= 0.6 is 0 Å². The second-order valence-corrected chi connectivity index (χ2v) is 7.05. The van der Waals surface area contributed by atoms with Gasteiger partial charge in [0, 0.05) is 12.1 Å². The summed E-state index contributed by atoms with van der Waals surface area (Å²) < 4.78 is 27.0. The summed E-state index contributed by atoms with van der Waals surface area (Å²) in [5.74, 6) is 0. The molecule has 0 saturated carbocycles. The van der Waals surface area contributed by atoms with E-state index in [2.05, 4.69) is 11.6 Å². The summed E-state index contributed by atoms with van der Waals surface area (Å²) in [4.78, 5) is 0.298. The van der Waals surface area contributed by atoms with Gasteiger partial charge in [-0.1, -0.05) is 39.3 Å². The predicted molar refractivity (Wildman–Crippen MR) is 83.1 cm³/mol. The van der Waals surface area contributed by atoms with Gasteiger partial charge in [0.05, 0.1) is 4.90 Å². The molecule has 0 amide bonds. The number of hydrogen-bond donors (Lipinski definition) is 2. The highest BCUT2D eigenvalue weighted by Gasteiger charge is 2.23. The minimum atomic E-state index is -3.48. The zero-order valence-corrected chi connectivity index (χ0v) is 13.5. The van der Waals surface area contributed by atoms with Gasteiger partial charge in [-0.05, 0) is 37.0 Å². The van der Waals surface area contributed by atoms with Gasteiger partial charge in [0.2, 0.25) is 10.0 Å². The van der Waals surface area contributed by atoms with Gasteiger partial charge in [-0.25, -0.2) is 13.1 Å². The molecule has 0 aliphatic rings. The predicted octanol–water partition coefficient (Wildman–Crippen LogP) is 2.43. The van der Waals surface area contributed by atoms with Crippen LogP contribution in [0, 0.1) is 0 Å². The number of nitrogens with two attached hydrogens (primary N) is 1. The Kier molecular flexibility index (Phi) is 6.17. The summed E-state index contributed by atoms with van der Waals surface area (Å²) >= 11 is 0. The molecule has 20 heavy (non-hydrogen) atoms. The molecule has 0 unspecified atom stereocenters. The molecule has 0 radical (unpaired) electrons. The minimum absolute atomic E-state index is 0.263. The van der Waals surface area contributed by atoms with Gasteiger partial charge >= 0.3 is 0 Å². The van der Waals surface area contributed by atoms with Crippen LogP contribution < -0.4 is 10.5 Å². The van der Waals surface area contributed by atoms with Crippen molar-refractivity contribution in [1.82, 2.24) is 4.72 Å². The van der Waals surface area contributed by atoms with E-state index < -0.39 is 15.6 Å². The zero-order chi connectivity index (χ0) is 15.2. The van der Waals surface area contributed by atoms with E-state index in [9.17, 15) is 8.42 Å². The summed E-state index contributed by atoms with van der Waals surface area (Å²) in [7, 11) is -3.48. The number of aryl methyl sites for hydroxylation is 1. The van der Waals surface area contributed by atoms with Crippen molar-refractivity contribution in [2.45, 2.75) is 56.9 Å². The topological polar surface area (TPSA) is 72.2 Å². The number of hydrogen-bond acceptors (Lipinski definition) is 3. The van der Waals surface area contributed by atoms with Gasteiger partial charge in [-0.3, -0.25) is 0 Å². The third kappa shape index (κ3) is 4.58. The first kappa shape index (κ1) is 17.1. The number of nitrogens with one attached hydrogen (secondary N) is 1. The van der Waals surface area contributed by atoms with Gasteiger partial charge in [0.15, 0.2) is 0 Å². The maximum absolute atomic E-state index is 12.2. The molecule has 114 valence electrons.